The number of nitrogens with zero attached hydrogens (tertiary/aromatic N) is 3. The molecule has 1 atom stereocenters. The zero-order valence-electron chi connectivity index (χ0n) is 19.4. The largest absolute Gasteiger partial charge is 0.493 e. The molecule has 6 heteroatoms. The average Bonchev–Trinajstić information content (AvgIpc) is 3.34. The minimum absolute atomic E-state index is 0.572. The van der Waals surface area contributed by atoms with E-state index in [-0.39, 0.29) is 0 Å². The van der Waals surface area contributed by atoms with E-state index in [1.165, 1.54) is 61.4 Å². The van der Waals surface area contributed by atoms with Gasteiger partial charge in [0.2, 0.25) is 0 Å². The first-order chi connectivity index (χ1) is 16.7. The van der Waals surface area contributed by atoms with Crippen LogP contribution >= 0.6 is 11.6 Å². The van der Waals surface area contributed by atoms with Crippen LogP contribution < -0.4 is 4.74 Å². The van der Waals surface area contributed by atoms with E-state index < -0.39 is 0 Å². The van der Waals surface area contributed by atoms with Crippen molar-refractivity contribution in [3.8, 4) is 5.75 Å². The van der Waals surface area contributed by atoms with Gasteiger partial charge >= 0.3 is 0 Å². The third kappa shape index (κ3) is 4.39. The molecule has 1 aromatic carbocycles. The normalized spacial score (nSPS) is 24.0. The maximum atomic E-state index is 6.08. The van der Waals surface area contributed by atoms with Gasteiger partial charge in [0.25, 0.3) is 0 Å². The number of hydrogen-bond donors (Lipinski definition) is 1. The molecule has 1 aliphatic carbocycles. The molecule has 0 amide bonds. The number of pyridine rings is 2. The number of ether oxygens (including phenoxy) is 1. The first kappa shape index (κ1) is 21.9. The molecule has 0 bridgehead atoms. The Morgan fingerprint density at radius 2 is 1.82 bits per heavy atom. The molecule has 0 radical (unpaired) electrons. The maximum absolute atomic E-state index is 6.08. The number of likely N-dealkylation sites (tertiary alicyclic amines) is 1. The summed E-state index contributed by atoms with van der Waals surface area (Å²) in [6, 6.07) is 12.7. The summed E-state index contributed by atoms with van der Waals surface area (Å²) in [4.78, 5) is 15.3. The van der Waals surface area contributed by atoms with Crippen molar-refractivity contribution < 1.29 is 4.74 Å². The number of hydrogen-bond acceptors (Lipinski definition) is 4. The van der Waals surface area contributed by atoms with Crippen LogP contribution in [0.5, 0.6) is 5.75 Å². The first-order valence-corrected chi connectivity index (χ1v) is 13.0. The number of benzene rings is 1. The van der Waals surface area contributed by atoms with Crippen molar-refractivity contribution in [2.75, 3.05) is 19.7 Å². The number of fused-ring (bicyclic) bond motifs is 3. The predicted octanol–water partition coefficient (Wildman–Crippen LogP) is 6.58. The average molecular weight is 475 g/mol. The summed E-state index contributed by atoms with van der Waals surface area (Å²) in [6.45, 7) is 3.15. The molecule has 176 valence electrons. The van der Waals surface area contributed by atoms with Gasteiger partial charge in [0.1, 0.15) is 5.75 Å². The van der Waals surface area contributed by atoms with Crippen molar-refractivity contribution in [2.24, 2.45) is 5.92 Å². The van der Waals surface area contributed by atoms with E-state index in [9.17, 15) is 0 Å². The molecular formula is C28H31ClN4O. The van der Waals surface area contributed by atoms with Crippen LogP contribution in [-0.2, 0) is 0 Å². The second-order valence-electron chi connectivity index (χ2n) is 9.94. The van der Waals surface area contributed by atoms with Crippen molar-refractivity contribution >= 4 is 33.5 Å². The molecule has 0 spiro atoms. The molecule has 5 nitrogen and oxygen atoms in total. The number of halogens is 1. The Morgan fingerprint density at radius 3 is 2.68 bits per heavy atom. The number of rotatable bonds is 5. The smallest absolute Gasteiger partial charge is 0.160 e. The Hall–Kier alpha value is -2.63. The lowest BCUT2D eigenvalue weighted by Gasteiger charge is -2.41. The van der Waals surface area contributed by atoms with Gasteiger partial charge in [0.05, 0.1) is 18.3 Å². The van der Waals surface area contributed by atoms with Crippen LogP contribution in [0.4, 0.5) is 0 Å². The summed E-state index contributed by atoms with van der Waals surface area (Å²) in [5.41, 5.74) is 3.35. The number of nitrogens with one attached hydrogen (secondary N) is 1. The fourth-order valence-corrected chi connectivity index (χ4v) is 6.16. The van der Waals surface area contributed by atoms with Gasteiger partial charge in [-0.15, -0.1) is 0 Å². The lowest BCUT2D eigenvalue weighted by molar-refractivity contribution is 0.0747. The molecular weight excluding hydrogens is 444 g/mol. The van der Waals surface area contributed by atoms with Crippen molar-refractivity contribution in [1.29, 1.82) is 0 Å². The van der Waals surface area contributed by atoms with E-state index in [1.54, 1.807) is 0 Å². The highest BCUT2D eigenvalue weighted by Gasteiger charge is 2.31. The van der Waals surface area contributed by atoms with E-state index in [4.69, 9.17) is 16.3 Å². The molecule has 3 aromatic heterocycles. The van der Waals surface area contributed by atoms with Gasteiger partial charge in [-0.1, -0.05) is 17.7 Å². The van der Waals surface area contributed by atoms with Crippen LogP contribution in [0.2, 0.25) is 5.02 Å². The second-order valence-corrected chi connectivity index (χ2v) is 10.4. The molecule has 34 heavy (non-hydrogen) atoms. The van der Waals surface area contributed by atoms with Gasteiger partial charge < -0.3 is 9.72 Å². The highest BCUT2D eigenvalue weighted by molar-refractivity contribution is 6.30. The zero-order valence-corrected chi connectivity index (χ0v) is 20.2. The van der Waals surface area contributed by atoms with Crippen molar-refractivity contribution in [1.82, 2.24) is 19.9 Å². The third-order valence-electron chi connectivity index (χ3n) is 7.81. The lowest BCUT2D eigenvalue weighted by atomic mass is 9.80. The fourth-order valence-electron chi connectivity index (χ4n) is 6.03. The van der Waals surface area contributed by atoms with Gasteiger partial charge in [-0.25, -0.2) is 9.97 Å². The number of aromatic nitrogens is 3. The standard InChI is InChI=1S/C28H31ClN4O/c29-21-7-11-23(12-8-21)34-18-19-3-2-14-33(17-19)22-9-5-20(6-10-22)25-15-31-28-27(25)24-4-1-13-30-26(24)16-32-28/h1,4,7-8,11-13,15-16,19-20,22,30H,2-3,5-6,9-10,14,17-18H2. The summed E-state index contributed by atoms with van der Waals surface area (Å²) in [5, 5.41) is 3.23. The predicted molar refractivity (Wildman–Crippen MR) is 138 cm³/mol. The molecule has 1 aliphatic heterocycles. The van der Waals surface area contributed by atoms with Gasteiger partial charge in [-0.3, -0.25) is 4.90 Å². The molecule has 4 heterocycles. The van der Waals surface area contributed by atoms with Gasteiger partial charge in [-0.05, 0) is 86.9 Å². The first-order valence-electron chi connectivity index (χ1n) is 12.6. The SMILES string of the molecule is Clc1ccc(OCC2CCCN(C3CCC(c4cnc5ncc6[nH]cccc6c45)CC3)C2)cc1. The minimum Gasteiger partial charge on any atom is -0.493 e. The molecule has 2 aliphatic rings. The van der Waals surface area contributed by atoms with E-state index >= 15 is 0 Å². The van der Waals surface area contributed by atoms with Gasteiger partial charge in [-0.2, -0.15) is 0 Å². The lowest BCUT2D eigenvalue weighted by Crippen LogP contribution is -2.45. The Balaban J connectivity index is 1.09. The molecule has 6 rings (SSSR count). The van der Waals surface area contributed by atoms with Crippen LogP contribution in [0.3, 0.4) is 0 Å². The van der Waals surface area contributed by atoms with Crippen LogP contribution in [0.25, 0.3) is 21.9 Å². The summed E-state index contributed by atoms with van der Waals surface area (Å²) in [5.74, 6) is 2.08. The summed E-state index contributed by atoms with van der Waals surface area (Å²) >= 11 is 5.99. The van der Waals surface area contributed by atoms with Crippen molar-refractivity contribution in [3.63, 3.8) is 0 Å². The number of aromatic amines is 1. The minimum atomic E-state index is 0.572. The van der Waals surface area contributed by atoms with E-state index in [0.29, 0.717) is 17.9 Å². The van der Waals surface area contributed by atoms with Crippen molar-refractivity contribution in [2.45, 2.75) is 50.5 Å². The van der Waals surface area contributed by atoms with Crippen LogP contribution in [0, 0.1) is 5.92 Å². The Morgan fingerprint density at radius 1 is 1.00 bits per heavy atom. The Kier molecular flexibility index (Phi) is 6.15. The fraction of sp³-hybridized carbons (Fsp3) is 0.429. The maximum Gasteiger partial charge on any atom is 0.160 e. The molecule has 1 saturated carbocycles. The quantitative estimate of drug-likeness (QED) is 0.355. The Labute approximate surface area is 205 Å². The highest BCUT2D eigenvalue weighted by atomic mass is 35.5. The van der Waals surface area contributed by atoms with Crippen LogP contribution in [-0.4, -0.2) is 45.6 Å². The summed E-state index contributed by atoms with van der Waals surface area (Å²) < 4.78 is 6.08. The highest BCUT2D eigenvalue weighted by Crippen LogP contribution is 2.40. The van der Waals surface area contributed by atoms with Crippen molar-refractivity contribution in [3.05, 3.63) is 65.6 Å². The number of H-pyrrole nitrogens is 1. The molecule has 1 N–H and O–H groups in total. The van der Waals surface area contributed by atoms with Crippen LogP contribution in [0.15, 0.2) is 55.0 Å². The zero-order chi connectivity index (χ0) is 22.9. The molecule has 4 aromatic rings. The monoisotopic (exact) mass is 474 g/mol. The molecule has 1 saturated heterocycles. The molecule has 2 fully saturated rings. The van der Waals surface area contributed by atoms with E-state index in [1.807, 2.05) is 36.7 Å². The molecule has 1 unspecified atom stereocenters. The second kappa shape index (κ2) is 9.55. The van der Waals surface area contributed by atoms with E-state index in [0.717, 1.165) is 35.1 Å². The topological polar surface area (TPSA) is 54.0 Å². The summed E-state index contributed by atoms with van der Waals surface area (Å²) in [6.07, 6.45) is 13.4. The summed E-state index contributed by atoms with van der Waals surface area (Å²) in [7, 11) is 0. The van der Waals surface area contributed by atoms with E-state index in [2.05, 4.69) is 38.2 Å². The van der Waals surface area contributed by atoms with Crippen LogP contribution in [0.1, 0.15) is 50.0 Å². The number of piperidine rings is 1. The Bertz CT molecular complexity index is 1260. The third-order valence-corrected chi connectivity index (χ3v) is 8.07. The van der Waals surface area contributed by atoms with Gasteiger partial charge in [0, 0.05) is 46.7 Å². The van der Waals surface area contributed by atoms with Gasteiger partial charge in [0.15, 0.2) is 5.65 Å².